The molecule has 1 aliphatic rings. The van der Waals surface area contributed by atoms with Crippen LogP contribution in [0.15, 0.2) is 82.2 Å². The highest BCUT2D eigenvalue weighted by atomic mass is 79.9. The van der Waals surface area contributed by atoms with Crippen molar-refractivity contribution in [3.8, 4) is 11.5 Å². The molecule has 1 amide bonds. The number of ether oxygens (including phenoxy) is 2. The van der Waals surface area contributed by atoms with E-state index in [0.717, 1.165) is 21.3 Å². The molecular formula is C24H18BrNO3S2. The number of amides is 1. The summed E-state index contributed by atoms with van der Waals surface area (Å²) in [5.41, 5.74) is 2.66. The Bertz CT molecular complexity index is 1150. The van der Waals surface area contributed by atoms with Gasteiger partial charge in [-0.3, -0.25) is 9.69 Å². The van der Waals surface area contributed by atoms with Crippen LogP contribution in [0.4, 0.5) is 5.69 Å². The zero-order chi connectivity index (χ0) is 21.8. The number of rotatable bonds is 6. The molecule has 1 saturated heterocycles. The third-order valence-corrected chi connectivity index (χ3v) is 6.43. The van der Waals surface area contributed by atoms with E-state index in [1.807, 2.05) is 78.9 Å². The average molecular weight is 512 g/mol. The summed E-state index contributed by atoms with van der Waals surface area (Å²) in [6.45, 7) is 0.429. The fourth-order valence-corrected chi connectivity index (χ4v) is 4.62. The second-order valence-electron chi connectivity index (χ2n) is 6.68. The van der Waals surface area contributed by atoms with Crippen molar-refractivity contribution in [1.29, 1.82) is 0 Å². The molecule has 0 aromatic heterocycles. The van der Waals surface area contributed by atoms with Crippen molar-refractivity contribution in [3.05, 3.63) is 93.3 Å². The minimum Gasteiger partial charge on any atom is -0.493 e. The number of para-hydroxylation sites is 1. The van der Waals surface area contributed by atoms with E-state index in [1.165, 1.54) is 11.8 Å². The highest BCUT2D eigenvalue weighted by molar-refractivity contribution is 9.10. The normalized spacial score (nSPS) is 14.9. The van der Waals surface area contributed by atoms with E-state index in [9.17, 15) is 4.79 Å². The molecule has 0 atom stereocenters. The first-order chi connectivity index (χ1) is 15.0. The predicted molar refractivity (Wildman–Crippen MR) is 134 cm³/mol. The topological polar surface area (TPSA) is 38.8 Å². The van der Waals surface area contributed by atoms with Crippen LogP contribution in [-0.2, 0) is 11.4 Å². The lowest BCUT2D eigenvalue weighted by Crippen LogP contribution is -2.27. The third kappa shape index (κ3) is 5.01. The Morgan fingerprint density at radius 3 is 2.48 bits per heavy atom. The van der Waals surface area contributed by atoms with Crippen molar-refractivity contribution in [2.45, 2.75) is 6.61 Å². The van der Waals surface area contributed by atoms with Crippen LogP contribution in [0.5, 0.6) is 11.5 Å². The van der Waals surface area contributed by atoms with Gasteiger partial charge >= 0.3 is 0 Å². The minimum atomic E-state index is -0.129. The van der Waals surface area contributed by atoms with Gasteiger partial charge < -0.3 is 9.47 Å². The van der Waals surface area contributed by atoms with Gasteiger partial charge in [0.05, 0.1) is 17.7 Å². The van der Waals surface area contributed by atoms with E-state index in [0.29, 0.717) is 27.3 Å². The molecule has 0 N–H and O–H groups in total. The summed E-state index contributed by atoms with van der Waals surface area (Å²) < 4.78 is 13.0. The van der Waals surface area contributed by atoms with Crippen LogP contribution >= 0.6 is 39.9 Å². The number of hydrogen-bond donors (Lipinski definition) is 0. The van der Waals surface area contributed by atoms with Gasteiger partial charge in [0, 0.05) is 4.47 Å². The fourth-order valence-electron chi connectivity index (χ4n) is 3.05. The van der Waals surface area contributed by atoms with Crippen molar-refractivity contribution in [1.82, 2.24) is 0 Å². The molecule has 1 aliphatic heterocycles. The SMILES string of the molecule is COc1cc(/C=C2/SC(=S)N(c3ccccc3)C2=O)ccc1OCc1ccc(Br)cc1. The zero-order valence-electron chi connectivity index (χ0n) is 16.6. The Morgan fingerprint density at radius 1 is 1.03 bits per heavy atom. The molecule has 0 spiro atoms. The first-order valence-corrected chi connectivity index (χ1v) is 11.5. The van der Waals surface area contributed by atoms with Gasteiger partial charge in [0.1, 0.15) is 6.61 Å². The summed E-state index contributed by atoms with van der Waals surface area (Å²) in [7, 11) is 1.60. The van der Waals surface area contributed by atoms with Crippen molar-refractivity contribution in [2.24, 2.45) is 0 Å². The lowest BCUT2D eigenvalue weighted by atomic mass is 10.1. The maximum Gasteiger partial charge on any atom is 0.270 e. The van der Waals surface area contributed by atoms with Crippen LogP contribution in [0.2, 0.25) is 0 Å². The van der Waals surface area contributed by atoms with Crippen molar-refractivity contribution >= 4 is 61.9 Å². The molecule has 0 saturated carbocycles. The number of carbonyl (C=O) groups excluding carboxylic acids is 1. The summed E-state index contributed by atoms with van der Waals surface area (Å²) in [6.07, 6.45) is 1.82. The summed E-state index contributed by atoms with van der Waals surface area (Å²) in [5, 5.41) is 0. The second-order valence-corrected chi connectivity index (χ2v) is 9.27. The molecule has 4 nitrogen and oxygen atoms in total. The number of hydrogen-bond acceptors (Lipinski definition) is 5. The first-order valence-electron chi connectivity index (χ1n) is 9.43. The van der Waals surface area contributed by atoms with E-state index in [4.69, 9.17) is 21.7 Å². The average Bonchev–Trinajstić information content (AvgIpc) is 3.07. The number of benzene rings is 3. The molecule has 0 aliphatic carbocycles. The van der Waals surface area contributed by atoms with Crippen LogP contribution in [-0.4, -0.2) is 17.3 Å². The number of thioether (sulfide) groups is 1. The largest absolute Gasteiger partial charge is 0.493 e. The van der Waals surface area contributed by atoms with Gasteiger partial charge in [-0.05, 0) is 53.6 Å². The van der Waals surface area contributed by atoms with E-state index < -0.39 is 0 Å². The summed E-state index contributed by atoms with van der Waals surface area (Å²) in [5.74, 6) is 1.11. The highest BCUT2D eigenvalue weighted by Crippen LogP contribution is 2.37. The number of anilines is 1. The molecule has 31 heavy (non-hydrogen) atoms. The molecule has 156 valence electrons. The van der Waals surface area contributed by atoms with Crippen LogP contribution in [0.1, 0.15) is 11.1 Å². The van der Waals surface area contributed by atoms with Gasteiger partial charge in [-0.2, -0.15) is 0 Å². The maximum absolute atomic E-state index is 12.9. The van der Waals surface area contributed by atoms with E-state index in [1.54, 1.807) is 12.0 Å². The number of nitrogens with zero attached hydrogens (tertiary/aromatic N) is 1. The van der Waals surface area contributed by atoms with Gasteiger partial charge in [0.25, 0.3) is 5.91 Å². The fraction of sp³-hybridized carbons (Fsp3) is 0.0833. The smallest absolute Gasteiger partial charge is 0.270 e. The van der Waals surface area contributed by atoms with E-state index >= 15 is 0 Å². The number of halogens is 1. The van der Waals surface area contributed by atoms with Crippen LogP contribution in [0.25, 0.3) is 6.08 Å². The maximum atomic E-state index is 12.9. The summed E-state index contributed by atoms with van der Waals surface area (Å²) >= 11 is 10.2. The molecule has 7 heteroatoms. The predicted octanol–water partition coefficient (Wildman–Crippen LogP) is 6.44. The first kappa shape index (κ1) is 21.6. The Labute approximate surface area is 199 Å². The minimum absolute atomic E-state index is 0.129. The second kappa shape index (κ2) is 9.68. The Kier molecular flexibility index (Phi) is 6.75. The van der Waals surface area contributed by atoms with Crippen molar-refractivity contribution < 1.29 is 14.3 Å². The van der Waals surface area contributed by atoms with E-state index in [2.05, 4.69) is 15.9 Å². The molecule has 3 aromatic rings. The highest BCUT2D eigenvalue weighted by Gasteiger charge is 2.33. The van der Waals surface area contributed by atoms with Crippen LogP contribution in [0.3, 0.4) is 0 Å². The van der Waals surface area contributed by atoms with Gasteiger partial charge in [-0.25, -0.2) is 0 Å². The van der Waals surface area contributed by atoms with Crippen LogP contribution in [0, 0.1) is 0 Å². The lowest BCUT2D eigenvalue weighted by Gasteiger charge is -2.14. The molecule has 4 rings (SSSR count). The molecule has 1 heterocycles. The molecular weight excluding hydrogens is 494 g/mol. The van der Waals surface area contributed by atoms with Gasteiger partial charge in [0.15, 0.2) is 15.8 Å². The van der Waals surface area contributed by atoms with E-state index in [-0.39, 0.29) is 5.91 Å². The summed E-state index contributed by atoms with van der Waals surface area (Å²) in [6, 6.07) is 23.0. The number of thiocarbonyl (C=S) groups is 1. The Morgan fingerprint density at radius 2 is 1.77 bits per heavy atom. The van der Waals surface area contributed by atoms with Crippen molar-refractivity contribution in [2.75, 3.05) is 12.0 Å². The molecule has 0 radical (unpaired) electrons. The monoisotopic (exact) mass is 511 g/mol. The Hall–Kier alpha value is -2.61. The molecule has 0 bridgehead atoms. The zero-order valence-corrected chi connectivity index (χ0v) is 19.8. The molecule has 0 unspecified atom stereocenters. The number of carbonyl (C=O) groups is 1. The summed E-state index contributed by atoms with van der Waals surface area (Å²) in [4.78, 5) is 15.0. The van der Waals surface area contributed by atoms with Gasteiger partial charge in [-0.1, -0.05) is 76.3 Å². The van der Waals surface area contributed by atoms with Gasteiger partial charge in [0.2, 0.25) is 0 Å². The Balaban J connectivity index is 1.52. The quantitative estimate of drug-likeness (QED) is 0.281. The standard InChI is InChI=1S/C24H18BrNO3S2/c1-28-21-13-17(9-12-20(21)29-15-16-7-10-18(25)11-8-16)14-22-23(27)26(24(30)31-22)19-5-3-2-4-6-19/h2-14H,15H2,1H3/b22-14+. The van der Waals surface area contributed by atoms with Crippen molar-refractivity contribution in [3.63, 3.8) is 0 Å². The number of methoxy groups -OCH3 is 1. The lowest BCUT2D eigenvalue weighted by molar-refractivity contribution is -0.113. The molecule has 1 fully saturated rings. The third-order valence-electron chi connectivity index (χ3n) is 4.60. The van der Waals surface area contributed by atoms with Crippen LogP contribution < -0.4 is 14.4 Å². The molecule has 3 aromatic carbocycles. The van der Waals surface area contributed by atoms with Gasteiger partial charge in [-0.15, -0.1) is 0 Å².